The molecule has 1 atom stereocenters. The highest BCUT2D eigenvalue weighted by Crippen LogP contribution is 2.38. The fourth-order valence-electron chi connectivity index (χ4n) is 3.57. The maximum Gasteiger partial charge on any atom is 0.391 e. The number of nitrogens with zero attached hydrogens (tertiary/aromatic N) is 1. The van der Waals surface area contributed by atoms with E-state index >= 15 is 0 Å². The minimum atomic E-state index is -4.10. The van der Waals surface area contributed by atoms with E-state index in [0.29, 0.717) is 38.5 Å². The average molecular weight is 320 g/mol. The van der Waals surface area contributed by atoms with Gasteiger partial charge in [-0.1, -0.05) is 0 Å². The molecule has 3 rings (SSSR count). The van der Waals surface area contributed by atoms with Crippen LogP contribution in [0.5, 0.6) is 0 Å². The van der Waals surface area contributed by atoms with Gasteiger partial charge < -0.3 is 15.0 Å². The van der Waals surface area contributed by atoms with Gasteiger partial charge in [-0.3, -0.25) is 0 Å². The predicted octanol–water partition coefficient (Wildman–Crippen LogP) is 2.93. The number of rotatable bonds is 2. The van der Waals surface area contributed by atoms with Crippen LogP contribution in [0.2, 0.25) is 0 Å². The normalized spacial score (nSPS) is 33.6. The molecule has 4 nitrogen and oxygen atoms in total. The molecule has 22 heavy (non-hydrogen) atoms. The van der Waals surface area contributed by atoms with Crippen LogP contribution in [-0.4, -0.2) is 48.9 Å². The fourth-order valence-corrected chi connectivity index (χ4v) is 3.57. The maximum atomic E-state index is 12.7. The molecule has 0 aromatic carbocycles. The summed E-state index contributed by atoms with van der Waals surface area (Å²) in [6.07, 6.45) is -0.783. The van der Waals surface area contributed by atoms with Crippen LogP contribution < -0.4 is 5.32 Å². The molecule has 2 saturated carbocycles. The zero-order chi connectivity index (χ0) is 15.7. The van der Waals surface area contributed by atoms with Crippen molar-refractivity contribution in [2.45, 2.75) is 56.8 Å². The number of amides is 2. The van der Waals surface area contributed by atoms with Gasteiger partial charge in [-0.25, -0.2) is 4.79 Å². The molecule has 126 valence electrons. The Hall–Kier alpha value is -0.980. The van der Waals surface area contributed by atoms with Crippen molar-refractivity contribution in [3.63, 3.8) is 0 Å². The monoisotopic (exact) mass is 320 g/mol. The summed E-state index contributed by atoms with van der Waals surface area (Å²) in [7, 11) is 0. The van der Waals surface area contributed by atoms with E-state index in [4.69, 9.17) is 4.74 Å². The van der Waals surface area contributed by atoms with E-state index in [1.54, 1.807) is 0 Å². The Morgan fingerprint density at radius 1 is 1.09 bits per heavy atom. The first kappa shape index (κ1) is 15.9. The summed E-state index contributed by atoms with van der Waals surface area (Å²) in [5.41, 5.74) is 0. The maximum absolute atomic E-state index is 12.7. The van der Waals surface area contributed by atoms with Gasteiger partial charge in [0.25, 0.3) is 0 Å². The van der Waals surface area contributed by atoms with Crippen molar-refractivity contribution in [3.05, 3.63) is 0 Å². The summed E-state index contributed by atoms with van der Waals surface area (Å²) >= 11 is 0. The van der Waals surface area contributed by atoms with Crippen molar-refractivity contribution in [3.8, 4) is 0 Å². The summed E-state index contributed by atoms with van der Waals surface area (Å²) < 4.78 is 43.4. The van der Waals surface area contributed by atoms with Crippen molar-refractivity contribution in [2.75, 3.05) is 19.8 Å². The number of urea groups is 1. The van der Waals surface area contributed by atoms with Crippen LogP contribution in [0.25, 0.3) is 0 Å². The highest BCUT2D eigenvalue weighted by atomic mass is 19.4. The lowest BCUT2D eigenvalue weighted by molar-refractivity contribution is -0.182. The van der Waals surface area contributed by atoms with Crippen LogP contribution in [-0.2, 0) is 4.74 Å². The van der Waals surface area contributed by atoms with Crippen molar-refractivity contribution in [1.29, 1.82) is 0 Å². The minimum Gasteiger partial charge on any atom is -0.377 e. The van der Waals surface area contributed by atoms with Crippen LogP contribution in [0.4, 0.5) is 18.0 Å². The molecule has 0 aromatic rings. The van der Waals surface area contributed by atoms with Gasteiger partial charge in [0.1, 0.15) is 0 Å². The van der Waals surface area contributed by atoms with E-state index in [-0.39, 0.29) is 31.0 Å². The van der Waals surface area contributed by atoms with E-state index in [1.807, 2.05) is 4.90 Å². The third-order valence-electron chi connectivity index (χ3n) is 5.11. The molecule has 1 heterocycles. The molecule has 0 spiro atoms. The van der Waals surface area contributed by atoms with Gasteiger partial charge in [-0.15, -0.1) is 0 Å². The molecule has 0 unspecified atom stereocenters. The first-order valence-corrected chi connectivity index (χ1v) is 8.16. The summed E-state index contributed by atoms with van der Waals surface area (Å²) in [4.78, 5) is 14.3. The Morgan fingerprint density at radius 2 is 1.77 bits per heavy atom. The molecule has 0 aromatic heterocycles. The standard InChI is InChI=1S/C15H23F3N2O2/c16-15(17,18)11-3-5-12(6-4-11)19-14(21)20-7-8-22-9-13(20)10-1-2-10/h10-13H,1-9H2,(H,19,21)/t11?,12?,13-/m0/s1. The second-order valence-corrected chi connectivity index (χ2v) is 6.71. The van der Waals surface area contributed by atoms with Crippen LogP contribution in [0, 0.1) is 11.8 Å². The molecule has 3 fully saturated rings. The Labute approximate surface area is 128 Å². The molecule has 1 aliphatic heterocycles. The van der Waals surface area contributed by atoms with E-state index < -0.39 is 12.1 Å². The number of halogens is 3. The molecule has 0 radical (unpaired) electrons. The third kappa shape index (κ3) is 3.67. The predicted molar refractivity (Wildman–Crippen MR) is 74.4 cm³/mol. The van der Waals surface area contributed by atoms with Crippen molar-refractivity contribution in [2.24, 2.45) is 11.8 Å². The van der Waals surface area contributed by atoms with Crippen LogP contribution >= 0.6 is 0 Å². The van der Waals surface area contributed by atoms with E-state index in [2.05, 4.69) is 5.32 Å². The van der Waals surface area contributed by atoms with E-state index in [9.17, 15) is 18.0 Å². The van der Waals surface area contributed by atoms with Gasteiger partial charge in [0.05, 0.1) is 25.2 Å². The molecule has 0 bridgehead atoms. The Bertz CT molecular complexity index is 404. The first-order chi connectivity index (χ1) is 10.4. The topological polar surface area (TPSA) is 41.6 Å². The Balaban J connectivity index is 1.49. The number of carbonyl (C=O) groups excluding carboxylic acids is 1. The zero-order valence-corrected chi connectivity index (χ0v) is 12.6. The molecule has 1 saturated heterocycles. The minimum absolute atomic E-state index is 0.115. The fraction of sp³-hybridized carbons (Fsp3) is 0.933. The second kappa shape index (κ2) is 6.26. The quantitative estimate of drug-likeness (QED) is 0.850. The lowest BCUT2D eigenvalue weighted by Gasteiger charge is -2.38. The molecule has 2 amide bonds. The lowest BCUT2D eigenvalue weighted by atomic mass is 9.85. The van der Waals surface area contributed by atoms with Crippen molar-refractivity contribution in [1.82, 2.24) is 10.2 Å². The van der Waals surface area contributed by atoms with E-state index in [0.717, 1.165) is 12.8 Å². The number of hydrogen-bond acceptors (Lipinski definition) is 2. The van der Waals surface area contributed by atoms with Gasteiger partial charge in [0.2, 0.25) is 0 Å². The highest BCUT2D eigenvalue weighted by molar-refractivity contribution is 5.75. The van der Waals surface area contributed by atoms with Gasteiger partial charge in [0, 0.05) is 12.6 Å². The van der Waals surface area contributed by atoms with E-state index in [1.165, 1.54) is 0 Å². The number of morpholine rings is 1. The smallest absolute Gasteiger partial charge is 0.377 e. The number of nitrogens with one attached hydrogen (secondary N) is 1. The van der Waals surface area contributed by atoms with Gasteiger partial charge in [0.15, 0.2) is 0 Å². The number of hydrogen-bond donors (Lipinski definition) is 1. The average Bonchev–Trinajstić information content (AvgIpc) is 3.31. The van der Waals surface area contributed by atoms with Crippen LogP contribution in [0.3, 0.4) is 0 Å². The number of alkyl halides is 3. The molecule has 7 heteroatoms. The first-order valence-electron chi connectivity index (χ1n) is 8.16. The van der Waals surface area contributed by atoms with Gasteiger partial charge in [-0.2, -0.15) is 13.2 Å². The Kier molecular flexibility index (Phi) is 4.52. The summed E-state index contributed by atoms with van der Waals surface area (Å²) in [5, 5.41) is 2.94. The molecule has 1 N–H and O–H groups in total. The molecule has 2 aliphatic carbocycles. The summed E-state index contributed by atoms with van der Waals surface area (Å²) in [6.45, 7) is 1.70. The summed E-state index contributed by atoms with van der Waals surface area (Å²) in [6, 6.07) is -0.121. The van der Waals surface area contributed by atoms with Gasteiger partial charge in [-0.05, 0) is 44.4 Å². The van der Waals surface area contributed by atoms with Crippen LogP contribution in [0.1, 0.15) is 38.5 Å². The second-order valence-electron chi connectivity index (χ2n) is 6.71. The number of ether oxygens (including phenoxy) is 1. The molecular formula is C15H23F3N2O2. The van der Waals surface area contributed by atoms with Gasteiger partial charge >= 0.3 is 12.2 Å². The Morgan fingerprint density at radius 3 is 2.36 bits per heavy atom. The molecular weight excluding hydrogens is 297 g/mol. The zero-order valence-electron chi connectivity index (χ0n) is 12.6. The lowest BCUT2D eigenvalue weighted by Crippen LogP contribution is -2.55. The van der Waals surface area contributed by atoms with Crippen molar-refractivity contribution < 1.29 is 22.7 Å². The largest absolute Gasteiger partial charge is 0.391 e. The summed E-state index contributed by atoms with van der Waals surface area (Å²) in [5.74, 6) is -0.671. The SMILES string of the molecule is O=C(NC1CCC(C(F)(F)F)CC1)N1CCOC[C@H]1C1CC1. The molecule has 3 aliphatic rings. The highest BCUT2D eigenvalue weighted by Gasteiger charge is 2.43. The van der Waals surface area contributed by atoms with Crippen LogP contribution in [0.15, 0.2) is 0 Å². The number of carbonyl (C=O) groups is 1. The van der Waals surface area contributed by atoms with Crippen molar-refractivity contribution >= 4 is 6.03 Å². The third-order valence-corrected chi connectivity index (χ3v) is 5.11.